The summed E-state index contributed by atoms with van der Waals surface area (Å²) in [5.74, 6) is 0. The minimum absolute atomic E-state index is 0.955. The van der Waals surface area contributed by atoms with E-state index in [1.807, 2.05) is 5.20 Å². The standard InChI is InChI=1S/C12H24Si/c1-4-13(5-2,6-3)12-10-8-7-9-11-12/h10H,4-9,11H2,1-3H3. The van der Waals surface area contributed by atoms with Crippen LogP contribution in [0.2, 0.25) is 18.1 Å². The van der Waals surface area contributed by atoms with Crippen molar-refractivity contribution in [3.05, 3.63) is 11.3 Å². The van der Waals surface area contributed by atoms with Crippen molar-refractivity contribution in [1.29, 1.82) is 0 Å². The molecule has 1 aliphatic carbocycles. The van der Waals surface area contributed by atoms with E-state index < -0.39 is 8.07 Å². The van der Waals surface area contributed by atoms with Crippen LogP contribution in [0, 0.1) is 0 Å². The normalized spacial score (nSPS) is 18.5. The molecular formula is C12H24Si. The monoisotopic (exact) mass is 196 g/mol. The molecule has 0 spiro atoms. The van der Waals surface area contributed by atoms with Gasteiger partial charge in [0.15, 0.2) is 0 Å². The van der Waals surface area contributed by atoms with E-state index >= 15 is 0 Å². The van der Waals surface area contributed by atoms with Crippen LogP contribution in [0.1, 0.15) is 46.5 Å². The molecule has 1 heteroatoms. The molecule has 0 saturated carbocycles. The maximum Gasteiger partial charge on any atom is 0.0803 e. The molecule has 0 aromatic carbocycles. The van der Waals surface area contributed by atoms with Gasteiger partial charge in [-0.05, 0) is 25.7 Å². The molecule has 0 unspecified atom stereocenters. The van der Waals surface area contributed by atoms with Crippen LogP contribution in [0.25, 0.3) is 0 Å². The first kappa shape index (κ1) is 11.0. The summed E-state index contributed by atoms with van der Waals surface area (Å²) in [6.07, 6.45) is 8.28. The van der Waals surface area contributed by atoms with E-state index in [9.17, 15) is 0 Å². The van der Waals surface area contributed by atoms with E-state index in [0.717, 1.165) is 0 Å². The Hall–Kier alpha value is -0.0431. The SMILES string of the molecule is CC[Si](CC)(CC)C1=CCCCC1. The topological polar surface area (TPSA) is 0 Å². The summed E-state index contributed by atoms with van der Waals surface area (Å²) >= 11 is 0. The fraction of sp³-hybridized carbons (Fsp3) is 0.833. The first-order valence-corrected chi connectivity index (χ1v) is 8.60. The fourth-order valence-corrected chi connectivity index (χ4v) is 6.90. The smallest absolute Gasteiger partial charge is 0.0803 e. The van der Waals surface area contributed by atoms with E-state index in [1.54, 1.807) is 0 Å². The molecule has 0 atom stereocenters. The molecule has 1 rings (SSSR count). The lowest BCUT2D eigenvalue weighted by Crippen LogP contribution is -2.35. The number of hydrogen-bond donors (Lipinski definition) is 0. The highest BCUT2D eigenvalue weighted by molar-refractivity contribution is 6.86. The average Bonchev–Trinajstić information content (AvgIpc) is 2.23. The number of allylic oxidation sites excluding steroid dienone is 2. The highest BCUT2D eigenvalue weighted by Crippen LogP contribution is 2.34. The molecule has 1 aliphatic rings. The second-order valence-corrected chi connectivity index (χ2v) is 9.64. The Morgan fingerprint density at radius 2 is 1.69 bits per heavy atom. The van der Waals surface area contributed by atoms with Gasteiger partial charge in [-0.15, -0.1) is 0 Å². The Morgan fingerprint density at radius 3 is 2.08 bits per heavy atom. The summed E-state index contributed by atoms with van der Waals surface area (Å²) in [6.45, 7) is 7.23. The summed E-state index contributed by atoms with van der Waals surface area (Å²) in [7, 11) is -0.955. The van der Waals surface area contributed by atoms with Gasteiger partial charge in [0.05, 0.1) is 8.07 Å². The van der Waals surface area contributed by atoms with E-state index in [-0.39, 0.29) is 0 Å². The van der Waals surface area contributed by atoms with Crippen molar-refractivity contribution in [2.75, 3.05) is 0 Å². The minimum Gasteiger partial charge on any atom is -0.0891 e. The van der Waals surface area contributed by atoms with Gasteiger partial charge in [-0.1, -0.05) is 50.2 Å². The lowest BCUT2D eigenvalue weighted by molar-refractivity contribution is 0.714. The van der Waals surface area contributed by atoms with E-state index in [4.69, 9.17) is 0 Å². The van der Waals surface area contributed by atoms with Crippen molar-refractivity contribution in [2.45, 2.75) is 64.6 Å². The van der Waals surface area contributed by atoms with Crippen LogP contribution in [0.3, 0.4) is 0 Å². The van der Waals surface area contributed by atoms with Crippen LogP contribution >= 0.6 is 0 Å². The molecule has 0 radical (unpaired) electrons. The molecule has 13 heavy (non-hydrogen) atoms. The van der Waals surface area contributed by atoms with Crippen molar-refractivity contribution < 1.29 is 0 Å². The number of hydrogen-bond acceptors (Lipinski definition) is 0. The maximum atomic E-state index is 2.59. The number of rotatable bonds is 4. The van der Waals surface area contributed by atoms with Crippen LogP contribution in [0.15, 0.2) is 11.3 Å². The lowest BCUT2D eigenvalue weighted by Gasteiger charge is -2.33. The summed E-state index contributed by atoms with van der Waals surface area (Å²) in [5.41, 5.74) is 0. The summed E-state index contributed by atoms with van der Waals surface area (Å²) in [5, 5.41) is 1.91. The van der Waals surface area contributed by atoms with Gasteiger partial charge in [-0.2, -0.15) is 0 Å². The molecule has 0 saturated heterocycles. The van der Waals surface area contributed by atoms with Crippen LogP contribution in [0.4, 0.5) is 0 Å². The van der Waals surface area contributed by atoms with E-state index in [1.165, 1.54) is 43.8 Å². The minimum atomic E-state index is -0.955. The molecule has 0 aliphatic heterocycles. The van der Waals surface area contributed by atoms with Gasteiger partial charge < -0.3 is 0 Å². The van der Waals surface area contributed by atoms with Gasteiger partial charge in [0, 0.05) is 0 Å². The van der Waals surface area contributed by atoms with Crippen molar-refractivity contribution >= 4 is 8.07 Å². The van der Waals surface area contributed by atoms with Crippen molar-refractivity contribution in [2.24, 2.45) is 0 Å². The second-order valence-electron chi connectivity index (χ2n) is 4.32. The molecule has 0 heterocycles. The third-order valence-corrected chi connectivity index (χ3v) is 9.88. The lowest BCUT2D eigenvalue weighted by atomic mass is 10.1. The summed E-state index contributed by atoms with van der Waals surface area (Å²) in [4.78, 5) is 0. The second kappa shape index (κ2) is 4.99. The first-order chi connectivity index (χ1) is 6.29. The molecule has 0 fully saturated rings. The Labute approximate surface area is 84.4 Å². The molecule has 76 valence electrons. The van der Waals surface area contributed by atoms with Crippen molar-refractivity contribution in [3.63, 3.8) is 0 Å². The van der Waals surface area contributed by atoms with Crippen LogP contribution in [-0.4, -0.2) is 8.07 Å². The van der Waals surface area contributed by atoms with Gasteiger partial charge in [0.25, 0.3) is 0 Å². The average molecular weight is 196 g/mol. The van der Waals surface area contributed by atoms with E-state index in [2.05, 4.69) is 26.8 Å². The zero-order valence-corrected chi connectivity index (χ0v) is 10.5. The Balaban J connectivity index is 2.78. The van der Waals surface area contributed by atoms with Gasteiger partial charge in [0.1, 0.15) is 0 Å². The summed E-state index contributed by atoms with van der Waals surface area (Å²) in [6, 6.07) is 4.39. The Morgan fingerprint density at radius 1 is 1.08 bits per heavy atom. The van der Waals surface area contributed by atoms with Crippen LogP contribution in [0.5, 0.6) is 0 Å². The molecule has 0 aromatic rings. The van der Waals surface area contributed by atoms with Gasteiger partial charge in [0.2, 0.25) is 0 Å². The third kappa shape index (κ3) is 2.25. The molecule has 0 nitrogen and oxygen atoms in total. The Kier molecular flexibility index (Phi) is 4.24. The first-order valence-electron chi connectivity index (χ1n) is 5.98. The van der Waals surface area contributed by atoms with Gasteiger partial charge in [-0.25, -0.2) is 0 Å². The predicted octanol–water partition coefficient (Wildman–Crippen LogP) is 4.53. The van der Waals surface area contributed by atoms with Crippen molar-refractivity contribution in [1.82, 2.24) is 0 Å². The zero-order valence-electron chi connectivity index (χ0n) is 9.53. The molecule has 0 N–H and O–H groups in total. The Bertz CT molecular complexity index is 169. The van der Waals surface area contributed by atoms with Gasteiger partial charge in [-0.3, -0.25) is 0 Å². The summed E-state index contributed by atoms with van der Waals surface area (Å²) < 4.78 is 0. The van der Waals surface area contributed by atoms with Crippen molar-refractivity contribution in [3.8, 4) is 0 Å². The molecule has 0 amide bonds. The largest absolute Gasteiger partial charge is 0.0891 e. The highest BCUT2D eigenvalue weighted by atomic mass is 28.3. The maximum absolute atomic E-state index is 2.59. The predicted molar refractivity (Wildman–Crippen MR) is 63.7 cm³/mol. The quantitative estimate of drug-likeness (QED) is 0.579. The fourth-order valence-electron chi connectivity index (χ4n) is 2.75. The van der Waals surface area contributed by atoms with Gasteiger partial charge >= 0.3 is 0 Å². The molecular weight excluding hydrogens is 172 g/mol. The van der Waals surface area contributed by atoms with Crippen LogP contribution < -0.4 is 0 Å². The molecule has 0 aromatic heterocycles. The molecule has 0 bridgehead atoms. The van der Waals surface area contributed by atoms with Crippen LogP contribution in [-0.2, 0) is 0 Å². The van der Waals surface area contributed by atoms with E-state index in [0.29, 0.717) is 0 Å². The zero-order chi connectivity index (χ0) is 9.73. The third-order valence-electron chi connectivity index (χ3n) is 4.00. The highest BCUT2D eigenvalue weighted by Gasteiger charge is 2.31.